The molecule has 9 nitrogen and oxygen atoms in total. The van der Waals surface area contributed by atoms with Crippen molar-refractivity contribution in [3.8, 4) is 0 Å². The first-order valence-electron chi connectivity index (χ1n) is 10.8. The first-order chi connectivity index (χ1) is 16.8. The van der Waals surface area contributed by atoms with Gasteiger partial charge < -0.3 is 26.2 Å². The standard InChI is InChI=1S/C24H25Cl2N5O4/c25-17-13-27-14-18(26)22(17)23(33)31-19(24(34)35)12-15-6-8-16(9-7-15)30-21(32)5-3-11-29-20-4-1-2-10-28-20/h1-2,4,6-10,13-14,19,24,34-35H,3,5,11-12H2,(H,28,29)(H,30,32)(H,31,33)/t19-/m0/s1. The van der Waals surface area contributed by atoms with E-state index >= 15 is 0 Å². The molecule has 184 valence electrons. The highest BCUT2D eigenvalue weighted by atomic mass is 35.5. The number of aromatic nitrogens is 2. The van der Waals surface area contributed by atoms with Gasteiger partial charge in [0.2, 0.25) is 5.91 Å². The molecule has 5 N–H and O–H groups in total. The van der Waals surface area contributed by atoms with Crippen LogP contribution in [-0.4, -0.2) is 50.9 Å². The zero-order chi connectivity index (χ0) is 25.2. The van der Waals surface area contributed by atoms with E-state index < -0.39 is 18.2 Å². The maximum Gasteiger partial charge on any atom is 0.254 e. The third-order valence-corrected chi connectivity index (χ3v) is 5.57. The highest BCUT2D eigenvalue weighted by Gasteiger charge is 2.23. The number of halogens is 2. The molecule has 3 aromatic rings. The summed E-state index contributed by atoms with van der Waals surface area (Å²) in [6.07, 6.45) is 3.53. The van der Waals surface area contributed by atoms with Gasteiger partial charge in [0.15, 0.2) is 6.29 Å². The number of amides is 2. The lowest BCUT2D eigenvalue weighted by Crippen LogP contribution is -2.45. The molecule has 0 radical (unpaired) electrons. The third kappa shape index (κ3) is 8.18. The van der Waals surface area contributed by atoms with Crippen molar-refractivity contribution in [1.82, 2.24) is 15.3 Å². The molecule has 2 aromatic heterocycles. The van der Waals surface area contributed by atoms with Crippen LogP contribution in [0.15, 0.2) is 61.1 Å². The molecule has 0 aliphatic carbocycles. The Labute approximate surface area is 212 Å². The minimum absolute atomic E-state index is 0.00211. The Bertz CT molecular complexity index is 1110. The van der Waals surface area contributed by atoms with Crippen molar-refractivity contribution in [2.75, 3.05) is 17.2 Å². The highest BCUT2D eigenvalue weighted by molar-refractivity contribution is 6.39. The summed E-state index contributed by atoms with van der Waals surface area (Å²) >= 11 is 12.0. The summed E-state index contributed by atoms with van der Waals surface area (Å²) in [6, 6.07) is 11.4. The van der Waals surface area contributed by atoms with E-state index in [2.05, 4.69) is 25.9 Å². The smallest absolute Gasteiger partial charge is 0.254 e. The van der Waals surface area contributed by atoms with Gasteiger partial charge in [-0.3, -0.25) is 14.6 Å². The molecule has 1 atom stereocenters. The van der Waals surface area contributed by atoms with Gasteiger partial charge >= 0.3 is 0 Å². The van der Waals surface area contributed by atoms with Gasteiger partial charge in [-0.15, -0.1) is 0 Å². The lowest BCUT2D eigenvalue weighted by molar-refractivity contribution is -0.116. The van der Waals surface area contributed by atoms with Crippen molar-refractivity contribution in [3.05, 3.63) is 82.2 Å². The van der Waals surface area contributed by atoms with E-state index in [1.165, 1.54) is 12.4 Å². The summed E-state index contributed by atoms with van der Waals surface area (Å²) in [4.78, 5) is 32.7. The van der Waals surface area contributed by atoms with Crippen LogP contribution < -0.4 is 16.0 Å². The van der Waals surface area contributed by atoms with Crippen LogP contribution in [0.3, 0.4) is 0 Å². The van der Waals surface area contributed by atoms with Crippen LogP contribution in [0, 0.1) is 0 Å². The molecule has 0 saturated carbocycles. The lowest BCUT2D eigenvalue weighted by atomic mass is 10.0. The maximum atomic E-state index is 12.6. The molecule has 0 aliphatic heterocycles. The van der Waals surface area contributed by atoms with Crippen LogP contribution in [0.5, 0.6) is 0 Å². The van der Waals surface area contributed by atoms with Crippen LogP contribution in [0.4, 0.5) is 11.5 Å². The predicted molar refractivity (Wildman–Crippen MR) is 134 cm³/mol. The number of aliphatic hydroxyl groups is 2. The Hall–Kier alpha value is -3.24. The van der Waals surface area contributed by atoms with Gasteiger partial charge in [-0.1, -0.05) is 41.4 Å². The molecule has 0 bridgehead atoms. The molecule has 0 spiro atoms. The summed E-state index contributed by atoms with van der Waals surface area (Å²) in [5, 5.41) is 28.1. The van der Waals surface area contributed by atoms with Crippen molar-refractivity contribution >= 4 is 46.5 Å². The van der Waals surface area contributed by atoms with Crippen molar-refractivity contribution in [3.63, 3.8) is 0 Å². The first-order valence-corrected chi connectivity index (χ1v) is 11.6. The molecule has 2 amide bonds. The molecule has 1 aromatic carbocycles. The van der Waals surface area contributed by atoms with E-state index in [0.717, 1.165) is 5.82 Å². The number of carbonyl (C=O) groups excluding carboxylic acids is 2. The number of pyridine rings is 2. The number of rotatable bonds is 11. The summed E-state index contributed by atoms with van der Waals surface area (Å²) in [6.45, 7) is 0.621. The van der Waals surface area contributed by atoms with Crippen LogP contribution >= 0.6 is 23.2 Å². The van der Waals surface area contributed by atoms with Gasteiger partial charge in [-0.05, 0) is 42.7 Å². The van der Waals surface area contributed by atoms with Crippen LogP contribution in [0.1, 0.15) is 28.8 Å². The summed E-state index contributed by atoms with van der Waals surface area (Å²) in [5.41, 5.74) is 1.33. The number of benzene rings is 1. The second-order valence-corrected chi connectivity index (χ2v) is 8.48. The highest BCUT2D eigenvalue weighted by Crippen LogP contribution is 2.23. The Kier molecular flexibility index (Phi) is 9.80. The molecule has 0 saturated heterocycles. The number of anilines is 2. The molecule has 35 heavy (non-hydrogen) atoms. The molecular weight excluding hydrogens is 493 g/mol. The third-order valence-electron chi connectivity index (χ3n) is 5.00. The lowest BCUT2D eigenvalue weighted by Gasteiger charge is -2.21. The van der Waals surface area contributed by atoms with E-state index in [1.807, 2.05) is 18.2 Å². The Morgan fingerprint density at radius 3 is 2.34 bits per heavy atom. The average molecular weight is 518 g/mol. The van der Waals surface area contributed by atoms with Crippen LogP contribution in [-0.2, 0) is 11.2 Å². The number of hydrogen-bond donors (Lipinski definition) is 5. The second-order valence-electron chi connectivity index (χ2n) is 7.67. The van der Waals surface area contributed by atoms with Gasteiger partial charge in [0, 0.05) is 37.2 Å². The van der Waals surface area contributed by atoms with Crippen LogP contribution in [0.25, 0.3) is 0 Å². The van der Waals surface area contributed by atoms with E-state index in [-0.39, 0.29) is 27.9 Å². The Morgan fingerprint density at radius 2 is 1.71 bits per heavy atom. The predicted octanol–water partition coefficient (Wildman–Crippen LogP) is 3.27. The van der Waals surface area contributed by atoms with Gasteiger partial charge in [-0.25, -0.2) is 4.98 Å². The fourth-order valence-electron chi connectivity index (χ4n) is 3.23. The Balaban J connectivity index is 1.49. The quantitative estimate of drug-likeness (QED) is 0.194. The SMILES string of the molecule is O=C(CCCNc1ccccn1)Nc1ccc(C[C@H](NC(=O)c2c(Cl)cncc2Cl)C(O)O)cc1. The molecule has 3 rings (SSSR count). The van der Waals surface area contributed by atoms with E-state index in [1.54, 1.807) is 30.5 Å². The summed E-state index contributed by atoms with van der Waals surface area (Å²) < 4.78 is 0. The largest absolute Gasteiger partial charge is 0.370 e. The zero-order valence-electron chi connectivity index (χ0n) is 18.6. The molecular formula is C24H25Cl2N5O4. The normalized spacial score (nSPS) is 11.7. The fraction of sp³-hybridized carbons (Fsp3) is 0.250. The molecule has 2 heterocycles. The van der Waals surface area contributed by atoms with Crippen molar-refractivity contribution in [2.24, 2.45) is 0 Å². The molecule has 0 fully saturated rings. The molecule has 11 heteroatoms. The van der Waals surface area contributed by atoms with Gasteiger partial charge in [0.1, 0.15) is 5.82 Å². The topological polar surface area (TPSA) is 136 Å². The summed E-state index contributed by atoms with van der Waals surface area (Å²) in [5.74, 6) is -0.0116. The number of hydrogen-bond acceptors (Lipinski definition) is 7. The number of aliphatic hydroxyl groups excluding tert-OH is 1. The van der Waals surface area contributed by atoms with Crippen LogP contribution in [0.2, 0.25) is 10.0 Å². The number of nitrogens with zero attached hydrogens (tertiary/aromatic N) is 2. The van der Waals surface area contributed by atoms with Crippen molar-refractivity contribution < 1.29 is 19.8 Å². The van der Waals surface area contributed by atoms with E-state index in [0.29, 0.717) is 30.6 Å². The summed E-state index contributed by atoms with van der Waals surface area (Å²) in [7, 11) is 0. The molecule has 0 aliphatic rings. The van der Waals surface area contributed by atoms with E-state index in [4.69, 9.17) is 23.2 Å². The first kappa shape index (κ1) is 26.4. The minimum atomic E-state index is -1.82. The monoisotopic (exact) mass is 517 g/mol. The number of carbonyl (C=O) groups is 2. The van der Waals surface area contributed by atoms with Crippen molar-refractivity contribution in [1.29, 1.82) is 0 Å². The average Bonchev–Trinajstić information content (AvgIpc) is 2.83. The minimum Gasteiger partial charge on any atom is -0.370 e. The Morgan fingerprint density at radius 1 is 1.00 bits per heavy atom. The van der Waals surface area contributed by atoms with E-state index in [9.17, 15) is 19.8 Å². The van der Waals surface area contributed by atoms with Gasteiger partial charge in [-0.2, -0.15) is 0 Å². The fourth-order valence-corrected chi connectivity index (χ4v) is 3.77. The second kappa shape index (κ2) is 13.0. The van der Waals surface area contributed by atoms with Gasteiger partial charge in [0.25, 0.3) is 5.91 Å². The number of nitrogens with one attached hydrogen (secondary N) is 3. The maximum absolute atomic E-state index is 12.6. The van der Waals surface area contributed by atoms with Crippen molar-refractivity contribution in [2.45, 2.75) is 31.6 Å². The van der Waals surface area contributed by atoms with Gasteiger partial charge in [0.05, 0.1) is 21.7 Å². The molecule has 0 unspecified atom stereocenters. The zero-order valence-corrected chi connectivity index (χ0v) is 20.1.